The van der Waals surface area contributed by atoms with Gasteiger partial charge in [0.15, 0.2) is 0 Å². The van der Waals surface area contributed by atoms with Crippen LogP contribution in [0.2, 0.25) is 0 Å². The van der Waals surface area contributed by atoms with Crippen LogP contribution in [0.4, 0.5) is 0 Å². The van der Waals surface area contributed by atoms with E-state index in [0.29, 0.717) is 13.1 Å². The molecule has 0 aliphatic carbocycles. The zero-order chi connectivity index (χ0) is 19.7. The SMILES string of the molecule is Cc1[nH]c2ccccc2c1C(=O)[C@@H](C)[NH+]1CCN(C(=O)c2ccccc2)CC1. The van der Waals surface area contributed by atoms with E-state index in [4.69, 9.17) is 0 Å². The number of ketones is 1. The maximum atomic E-state index is 13.3. The number of hydrogen-bond donors (Lipinski definition) is 2. The number of nitrogens with zero attached hydrogens (tertiary/aromatic N) is 1. The van der Waals surface area contributed by atoms with Crippen molar-refractivity contribution in [2.45, 2.75) is 19.9 Å². The number of aromatic amines is 1. The third-order valence-electron chi connectivity index (χ3n) is 5.86. The van der Waals surface area contributed by atoms with Crippen molar-refractivity contribution in [1.29, 1.82) is 0 Å². The summed E-state index contributed by atoms with van der Waals surface area (Å²) in [6.45, 7) is 6.89. The molecule has 28 heavy (non-hydrogen) atoms. The Hall–Kier alpha value is -2.92. The molecule has 1 aliphatic rings. The van der Waals surface area contributed by atoms with E-state index in [-0.39, 0.29) is 17.7 Å². The lowest BCUT2D eigenvalue weighted by Gasteiger charge is -2.35. The number of aryl methyl sites for hydroxylation is 1. The maximum Gasteiger partial charge on any atom is 0.254 e. The van der Waals surface area contributed by atoms with E-state index in [9.17, 15) is 9.59 Å². The number of quaternary nitrogens is 1. The van der Waals surface area contributed by atoms with Gasteiger partial charge >= 0.3 is 0 Å². The molecule has 0 saturated carbocycles. The normalized spacial score (nSPS) is 16.3. The Morgan fingerprint density at radius 1 is 1.00 bits per heavy atom. The van der Waals surface area contributed by atoms with E-state index in [0.717, 1.165) is 40.8 Å². The zero-order valence-electron chi connectivity index (χ0n) is 16.4. The summed E-state index contributed by atoms with van der Waals surface area (Å²) in [5.74, 6) is 0.249. The summed E-state index contributed by atoms with van der Waals surface area (Å²) in [6.07, 6.45) is 0. The molecule has 1 saturated heterocycles. The number of rotatable bonds is 4. The highest BCUT2D eigenvalue weighted by Crippen LogP contribution is 2.22. The second kappa shape index (κ2) is 7.60. The second-order valence-corrected chi connectivity index (χ2v) is 7.57. The third kappa shape index (κ3) is 3.34. The molecule has 0 spiro atoms. The number of Topliss-reactive ketones (excluding diaryl/α,β-unsaturated/α-hetero) is 1. The van der Waals surface area contributed by atoms with Crippen LogP contribution < -0.4 is 4.90 Å². The predicted molar refractivity (Wildman–Crippen MR) is 110 cm³/mol. The Kier molecular flexibility index (Phi) is 5.01. The standard InChI is InChI=1S/C23H25N3O2/c1-16-21(19-10-6-7-11-20(19)24-16)22(27)17(2)25-12-14-26(15-13-25)23(28)18-8-4-3-5-9-18/h3-11,17,24H,12-15H2,1-2H3/p+1/t17-/m1/s1. The zero-order valence-corrected chi connectivity index (χ0v) is 16.4. The molecule has 0 radical (unpaired) electrons. The van der Waals surface area contributed by atoms with Crippen LogP contribution in [0.25, 0.3) is 10.9 Å². The molecule has 5 nitrogen and oxygen atoms in total. The molecule has 3 aromatic rings. The minimum absolute atomic E-state index is 0.0751. The molecule has 5 heteroatoms. The van der Waals surface area contributed by atoms with Crippen molar-refractivity contribution in [3.05, 3.63) is 71.4 Å². The monoisotopic (exact) mass is 376 g/mol. The molecular formula is C23H26N3O2+. The minimum Gasteiger partial charge on any atom is -0.358 e. The molecule has 1 aromatic heterocycles. The number of nitrogens with one attached hydrogen (secondary N) is 2. The highest BCUT2D eigenvalue weighted by molar-refractivity contribution is 6.10. The first kappa shape index (κ1) is 18.4. The van der Waals surface area contributed by atoms with E-state index in [1.165, 1.54) is 4.90 Å². The van der Waals surface area contributed by atoms with Gasteiger partial charge in [0, 0.05) is 22.2 Å². The summed E-state index contributed by atoms with van der Waals surface area (Å²) < 4.78 is 0. The summed E-state index contributed by atoms with van der Waals surface area (Å²) in [6, 6.07) is 17.2. The number of fused-ring (bicyclic) bond motifs is 1. The van der Waals surface area contributed by atoms with Crippen LogP contribution in [0.1, 0.15) is 33.3 Å². The summed E-state index contributed by atoms with van der Waals surface area (Å²) in [4.78, 5) is 32.4. The van der Waals surface area contributed by atoms with Gasteiger partial charge in [-0.15, -0.1) is 0 Å². The van der Waals surface area contributed by atoms with Crippen molar-refractivity contribution < 1.29 is 14.5 Å². The van der Waals surface area contributed by atoms with E-state index < -0.39 is 0 Å². The smallest absolute Gasteiger partial charge is 0.254 e. The second-order valence-electron chi connectivity index (χ2n) is 7.57. The van der Waals surface area contributed by atoms with E-state index in [1.54, 1.807) is 0 Å². The van der Waals surface area contributed by atoms with Gasteiger partial charge in [0.2, 0.25) is 5.78 Å². The van der Waals surface area contributed by atoms with Crippen molar-refractivity contribution in [3.63, 3.8) is 0 Å². The first-order chi connectivity index (χ1) is 13.6. The Labute approximate surface area is 165 Å². The fraction of sp³-hybridized carbons (Fsp3) is 0.304. The fourth-order valence-corrected chi connectivity index (χ4v) is 4.19. The Balaban J connectivity index is 1.45. The largest absolute Gasteiger partial charge is 0.358 e. The van der Waals surface area contributed by atoms with Gasteiger partial charge in [0.1, 0.15) is 6.04 Å². The molecule has 2 N–H and O–H groups in total. The molecule has 4 rings (SSSR count). The summed E-state index contributed by atoms with van der Waals surface area (Å²) in [5.41, 5.74) is 3.46. The van der Waals surface area contributed by atoms with Crippen molar-refractivity contribution in [2.75, 3.05) is 26.2 Å². The van der Waals surface area contributed by atoms with Crippen LogP contribution in [-0.4, -0.2) is 53.8 Å². The van der Waals surface area contributed by atoms with Gasteiger partial charge in [-0.1, -0.05) is 36.4 Å². The minimum atomic E-state index is -0.133. The number of amides is 1. The predicted octanol–water partition coefficient (Wildman–Crippen LogP) is 2.09. The van der Waals surface area contributed by atoms with Crippen LogP contribution in [0.15, 0.2) is 54.6 Å². The molecular weight excluding hydrogens is 350 g/mol. The highest BCUT2D eigenvalue weighted by Gasteiger charge is 2.33. The Morgan fingerprint density at radius 3 is 2.36 bits per heavy atom. The molecule has 2 heterocycles. The average Bonchev–Trinajstić information content (AvgIpc) is 3.08. The number of hydrogen-bond acceptors (Lipinski definition) is 2. The lowest BCUT2D eigenvalue weighted by molar-refractivity contribution is -0.917. The lowest BCUT2D eigenvalue weighted by atomic mass is 10.0. The van der Waals surface area contributed by atoms with Crippen molar-refractivity contribution in [3.8, 4) is 0 Å². The number of carbonyl (C=O) groups is 2. The molecule has 1 fully saturated rings. The molecule has 1 aliphatic heterocycles. The molecule has 0 unspecified atom stereocenters. The van der Waals surface area contributed by atoms with E-state index >= 15 is 0 Å². The van der Waals surface area contributed by atoms with E-state index in [2.05, 4.69) is 4.98 Å². The molecule has 1 atom stereocenters. The third-order valence-corrected chi connectivity index (χ3v) is 5.86. The fourth-order valence-electron chi connectivity index (χ4n) is 4.19. The number of H-pyrrole nitrogens is 1. The van der Waals surface area contributed by atoms with Gasteiger partial charge < -0.3 is 14.8 Å². The summed E-state index contributed by atoms with van der Waals surface area (Å²) in [5, 5.41) is 0.995. The number of piperazine rings is 1. The Morgan fingerprint density at radius 2 is 1.64 bits per heavy atom. The number of aromatic nitrogens is 1. The highest BCUT2D eigenvalue weighted by atomic mass is 16.2. The van der Waals surface area contributed by atoms with Gasteiger partial charge in [-0.3, -0.25) is 9.59 Å². The van der Waals surface area contributed by atoms with Crippen molar-refractivity contribution in [1.82, 2.24) is 9.88 Å². The van der Waals surface area contributed by atoms with Crippen LogP contribution in [-0.2, 0) is 0 Å². The molecule has 0 bridgehead atoms. The summed E-state index contributed by atoms with van der Waals surface area (Å²) >= 11 is 0. The van der Waals surface area contributed by atoms with Crippen LogP contribution >= 0.6 is 0 Å². The maximum absolute atomic E-state index is 13.3. The quantitative estimate of drug-likeness (QED) is 0.685. The van der Waals surface area contributed by atoms with Crippen molar-refractivity contribution in [2.24, 2.45) is 0 Å². The molecule has 144 valence electrons. The first-order valence-electron chi connectivity index (χ1n) is 9.86. The number of benzene rings is 2. The Bertz CT molecular complexity index is 1000. The lowest BCUT2D eigenvalue weighted by Crippen LogP contribution is -3.18. The van der Waals surface area contributed by atoms with Crippen LogP contribution in [0, 0.1) is 6.92 Å². The molecule has 1 amide bonds. The van der Waals surface area contributed by atoms with Gasteiger partial charge in [0.05, 0.1) is 31.7 Å². The summed E-state index contributed by atoms with van der Waals surface area (Å²) in [7, 11) is 0. The van der Waals surface area contributed by atoms with Gasteiger partial charge in [-0.25, -0.2) is 0 Å². The van der Waals surface area contributed by atoms with Gasteiger partial charge in [0.25, 0.3) is 5.91 Å². The van der Waals surface area contributed by atoms with Crippen molar-refractivity contribution >= 4 is 22.6 Å². The van der Waals surface area contributed by atoms with E-state index in [1.807, 2.05) is 73.3 Å². The van der Waals surface area contributed by atoms with Crippen LogP contribution in [0.3, 0.4) is 0 Å². The average molecular weight is 376 g/mol. The van der Waals surface area contributed by atoms with Gasteiger partial charge in [-0.05, 0) is 32.0 Å². The molecule has 2 aromatic carbocycles. The topological polar surface area (TPSA) is 57.6 Å². The van der Waals surface area contributed by atoms with Gasteiger partial charge in [-0.2, -0.15) is 0 Å². The number of para-hydroxylation sites is 1. The van der Waals surface area contributed by atoms with Crippen LogP contribution in [0.5, 0.6) is 0 Å². The first-order valence-corrected chi connectivity index (χ1v) is 9.86. The number of carbonyl (C=O) groups excluding carboxylic acids is 2.